The van der Waals surface area contributed by atoms with Crippen molar-refractivity contribution < 1.29 is 14.3 Å². The number of methoxy groups -OCH3 is 1. The van der Waals surface area contributed by atoms with Crippen molar-refractivity contribution in [2.24, 2.45) is 0 Å². The molecule has 3 N–H and O–H groups in total. The number of nitrogens with zero attached hydrogens (tertiary/aromatic N) is 2. The third kappa shape index (κ3) is 4.64. The van der Waals surface area contributed by atoms with Gasteiger partial charge in [-0.05, 0) is 61.7 Å². The first-order valence-electron chi connectivity index (χ1n) is 12.3. The van der Waals surface area contributed by atoms with E-state index in [4.69, 9.17) is 4.74 Å². The molecule has 1 atom stereocenters. The number of benzene rings is 3. The number of carbonyl (C=O) groups is 2. The first-order chi connectivity index (χ1) is 18.4. The largest absolute Gasteiger partial charge is 0.495 e. The Balaban J connectivity index is 1.56. The quantitative estimate of drug-likeness (QED) is 0.312. The molecule has 1 aliphatic heterocycles. The number of para-hydroxylation sites is 2. The second kappa shape index (κ2) is 10.3. The maximum Gasteiger partial charge on any atom is 0.261 e. The van der Waals surface area contributed by atoms with Gasteiger partial charge in [0, 0.05) is 11.4 Å². The van der Waals surface area contributed by atoms with Crippen molar-refractivity contribution in [1.82, 2.24) is 9.78 Å². The molecule has 0 aliphatic carbocycles. The van der Waals surface area contributed by atoms with Gasteiger partial charge in [0.2, 0.25) is 0 Å². The molecule has 0 spiro atoms. The number of rotatable bonds is 6. The normalized spacial score (nSPS) is 14.4. The van der Waals surface area contributed by atoms with Crippen molar-refractivity contribution in [3.63, 3.8) is 0 Å². The molecule has 0 saturated carbocycles. The molecule has 8 nitrogen and oxygen atoms in total. The molecule has 2 amide bonds. The van der Waals surface area contributed by atoms with E-state index < -0.39 is 6.04 Å². The summed E-state index contributed by atoms with van der Waals surface area (Å²) in [5, 5.41) is 13.8. The van der Waals surface area contributed by atoms with Gasteiger partial charge in [-0.15, -0.1) is 0 Å². The molecule has 192 valence electrons. The average molecular weight is 508 g/mol. The minimum absolute atomic E-state index is 0.289. The van der Waals surface area contributed by atoms with Crippen LogP contribution >= 0.6 is 0 Å². The minimum atomic E-state index is -0.553. The molecule has 0 fully saturated rings. The summed E-state index contributed by atoms with van der Waals surface area (Å²) in [5.74, 6) is 0.502. The Hall–Kier alpha value is -4.85. The first-order valence-corrected chi connectivity index (χ1v) is 12.3. The molecule has 5 rings (SSSR count). The summed E-state index contributed by atoms with van der Waals surface area (Å²) in [7, 11) is 1.56. The van der Waals surface area contributed by atoms with Crippen LogP contribution in [0.15, 0.2) is 90.3 Å². The number of hydrogen-bond acceptors (Lipinski definition) is 5. The topological polar surface area (TPSA) is 97.3 Å². The van der Waals surface area contributed by atoms with Crippen LogP contribution in [0.1, 0.15) is 40.0 Å². The van der Waals surface area contributed by atoms with Crippen LogP contribution in [0.4, 0.5) is 17.2 Å². The highest BCUT2D eigenvalue weighted by Gasteiger charge is 2.36. The SMILES string of the molecule is COc1ccccc1NC(=O)C1=C(C)Nc2c(C(=O)Nc3cccc(C)c3)cnn2[C@H]1c1ccccc1C. The predicted molar refractivity (Wildman–Crippen MR) is 149 cm³/mol. The van der Waals surface area contributed by atoms with E-state index in [0.717, 1.165) is 16.7 Å². The lowest BCUT2D eigenvalue weighted by molar-refractivity contribution is -0.113. The summed E-state index contributed by atoms with van der Waals surface area (Å²) in [6.45, 7) is 5.80. The highest BCUT2D eigenvalue weighted by Crippen LogP contribution is 2.39. The van der Waals surface area contributed by atoms with Crippen molar-refractivity contribution in [3.05, 3.63) is 113 Å². The molecule has 0 bridgehead atoms. The number of nitrogens with one attached hydrogen (secondary N) is 3. The lowest BCUT2D eigenvalue weighted by Gasteiger charge is -2.31. The number of aromatic nitrogens is 2. The molecule has 3 aromatic carbocycles. The number of ether oxygens (including phenoxy) is 1. The summed E-state index contributed by atoms with van der Waals surface area (Å²) in [4.78, 5) is 27.1. The molecule has 0 saturated heterocycles. The van der Waals surface area contributed by atoms with Crippen LogP contribution in [0.25, 0.3) is 0 Å². The molecule has 8 heteroatoms. The van der Waals surface area contributed by atoms with Gasteiger partial charge in [0.15, 0.2) is 0 Å². The fourth-order valence-corrected chi connectivity index (χ4v) is 4.76. The van der Waals surface area contributed by atoms with Crippen LogP contribution in [0.2, 0.25) is 0 Å². The van der Waals surface area contributed by atoms with E-state index in [2.05, 4.69) is 21.0 Å². The Morgan fingerprint density at radius 1 is 0.921 bits per heavy atom. The number of aryl methyl sites for hydroxylation is 2. The van der Waals surface area contributed by atoms with Crippen molar-refractivity contribution in [1.29, 1.82) is 0 Å². The number of allylic oxidation sites excluding steroid dienone is 1. The van der Waals surface area contributed by atoms with Gasteiger partial charge < -0.3 is 20.7 Å². The van der Waals surface area contributed by atoms with E-state index in [9.17, 15) is 9.59 Å². The van der Waals surface area contributed by atoms with Gasteiger partial charge in [0.25, 0.3) is 11.8 Å². The summed E-state index contributed by atoms with van der Waals surface area (Å²) in [6, 6.07) is 22.2. The van der Waals surface area contributed by atoms with Gasteiger partial charge in [0.05, 0.1) is 24.6 Å². The monoisotopic (exact) mass is 507 g/mol. The number of fused-ring (bicyclic) bond motifs is 1. The van der Waals surface area contributed by atoms with Crippen molar-refractivity contribution in [3.8, 4) is 5.75 Å². The molecule has 0 radical (unpaired) electrons. The smallest absolute Gasteiger partial charge is 0.261 e. The predicted octanol–water partition coefficient (Wildman–Crippen LogP) is 5.69. The second-order valence-corrected chi connectivity index (χ2v) is 9.25. The Labute approximate surface area is 221 Å². The average Bonchev–Trinajstić information content (AvgIpc) is 3.32. The third-order valence-electron chi connectivity index (χ3n) is 6.63. The lowest BCUT2D eigenvalue weighted by atomic mass is 9.91. The van der Waals surface area contributed by atoms with Gasteiger partial charge in [-0.2, -0.15) is 5.10 Å². The van der Waals surface area contributed by atoms with Crippen LogP contribution in [0, 0.1) is 13.8 Å². The van der Waals surface area contributed by atoms with Crippen molar-refractivity contribution >= 4 is 29.0 Å². The maximum atomic E-state index is 13.8. The van der Waals surface area contributed by atoms with Crippen molar-refractivity contribution in [2.75, 3.05) is 23.1 Å². The second-order valence-electron chi connectivity index (χ2n) is 9.25. The van der Waals surface area contributed by atoms with Crippen LogP contribution in [-0.2, 0) is 4.79 Å². The van der Waals surface area contributed by atoms with Crippen LogP contribution < -0.4 is 20.7 Å². The first kappa shape index (κ1) is 24.8. The summed E-state index contributed by atoms with van der Waals surface area (Å²) in [5.41, 5.74) is 5.72. The lowest BCUT2D eigenvalue weighted by Crippen LogP contribution is -2.32. The fraction of sp³-hybridized carbons (Fsp3) is 0.167. The van der Waals surface area contributed by atoms with Gasteiger partial charge in [-0.3, -0.25) is 9.59 Å². The molecular weight excluding hydrogens is 478 g/mol. The van der Waals surface area contributed by atoms with Crippen LogP contribution in [0.3, 0.4) is 0 Å². The van der Waals surface area contributed by atoms with Crippen LogP contribution in [0.5, 0.6) is 5.75 Å². The van der Waals surface area contributed by atoms with E-state index in [1.807, 2.05) is 81.4 Å². The van der Waals surface area contributed by atoms with E-state index in [1.165, 1.54) is 6.20 Å². The Kier molecular flexibility index (Phi) is 6.70. The molecule has 4 aromatic rings. The van der Waals surface area contributed by atoms with Gasteiger partial charge in [-0.25, -0.2) is 4.68 Å². The van der Waals surface area contributed by atoms with E-state index in [1.54, 1.807) is 23.9 Å². The molecule has 1 aliphatic rings. The maximum absolute atomic E-state index is 13.8. The number of anilines is 3. The molecule has 0 unspecified atom stereocenters. The van der Waals surface area contributed by atoms with Gasteiger partial charge in [0.1, 0.15) is 23.2 Å². The summed E-state index contributed by atoms with van der Waals surface area (Å²) in [6.07, 6.45) is 1.53. The molecule has 1 aromatic heterocycles. The zero-order chi connectivity index (χ0) is 26.8. The number of amides is 2. The Bertz CT molecular complexity index is 1570. The van der Waals surface area contributed by atoms with Gasteiger partial charge in [-0.1, -0.05) is 48.5 Å². The number of carbonyl (C=O) groups excluding carboxylic acids is 2. The van der Waals surface area contributed by atoms with E-state index in [-0.39, 0.29) is 11.8 Å². The minimum Gasteiger partial charge on any atom is -0.495 e. The van der Waals surface area contributed by atoms with E-state index in [0.29, 0.717) is 39.8 Å². The van der Waals surface area contributed by atoms with Crippen molar-refractivity contribution in [2.45, 2.75) is 26.8 Å². The molecule has 38 heavy (non-hydrogen) atoms. The zero-order valence-corrected chi connectivity index (χ0v) is 21.7. The molecule has 2 heterocycles. The highest BCUT2D eigenvalue weighted by molar-refractivity contribution is 6.09. The fourth-order valence-electron chi connectivity index (χ4n) is 4.76. The summed E-state index contributed by atoms with van der Waals surface area (Å²) < 4.78 is 7.13. The van der Waals surface area contributed by atoms with Gasteiger partial charge >= 0.3 is 0 Å². The Morgan fingerprint density at radius 2 is 1.68 bits per heavy atom. The Morgan fingerprint density at radius 3 is 2.45 bits per heavy atom. The van der Waals surface area contributed by atoms with Crippen LogP contribution in [-0.4, -0.2) is 28.7 Å². The standard InChI is InChI=1S/C30H29N5O3/c1-18-10-9-12-21(16-18)33-29(36)23-17-31-35-27(22-13-6-5-11-19(22)2)26(20(3)32-28(23)35)30(37)34-24-14-7-8-15-25(24)38-4/h5-17,27,32H,1-4H3,(H,33,36)(H,34,37)/t27-/m0/s1. The third-order valence-corrected chi connectivity index (χ3v) is 6.63. The zero-order valence-electron chi connectivity index (χ0n) is 21.7. The number of hydrogen-bond donors (Lipinski definition) is 3. The summed E-state index contributed by atoms with van der Waals surface area (Å²) >= 11 is 0. The van der Waals surface area contributed by atoms with E-state index >= 15 is 0 Å². The highest BCUT2D eigenvalue weighted by atomic mass is 16.5. The molecular formula is C30H29N5O3.